The van der Waals surface area contributed by atoms with Gasteiger partial charge in [-0.15, -0.1) is 0 Å². The maximum atomic E-state index is 10.7. The fourth-order valence-electron chi connectivity index (χ4n) is 3.02. The normalized spacial score (nSPS) is 10.7. The van der Waals surface area contributed by atoms with Crippen LogP contribution in [0, 0.1) is 4.91 Å². The Labute approximate surface area is 156 Å². The average Bonchev–Trinajstić information content (AvgIpc) is 2.73. The lowest BCUT2D eigenvalue weighted by Crippen LogP contribution is -2.07. The van der Waals surface area contributed by atoms with E-state index in [0.717, 1.165) is 27.7 Å². The Morgan fingerprint density at radius 2 is 1.74 bits per heavy atom. The molecule has 0 spiro atoms. The number of nitroso groups, excluding NO2 is 1. The molecule has 0 atom stereocenters. The number of fused-ring (bicyclic) bond motifs is 1. The molecule has 4 aromatic rings. The number of benzene rings is 2. The fourth-order valence-corrected chi connectivity index (χ4v) is 3.02. The number of pyridine rings is 1. The monoisotopic (exact) mass is 355 g/mol. The number of anilines is 1. The molecule has 2 heterocycles. The molecular formula is C21H17N5O. The van der Waals surface area contributed by atoms with Gasteiger partial charge < -0.3 is 5.32 Å². The number of rotatable bonds is 6. The first-order valence-corrected chi connectivity index (χ1v) is 8.63. The van der Waals surface area contributed by atoms with Crippen LogP contribution in [0.15, 0.2) is 78.1 Å². The molecule has 1 N–H and O–H groups in total. The van der Waals surface area contributed by atoms with Crippen molar-refractivity contribution in [3.63, 3.8) is 0 Å². The molecule has 0 fully saturated rings. The molecule has 0 saturated carbocycles. The number of hydrogen-bond acceptors (Lipinski definition) is 6. The van der Waals surface area contributed by atoms with Crippen LogP contribution in [0.3, 0.4) is 0 Å². The first-order valence-electron chi connectivity index (χ1n) is 8.63. The Balaban J connectivity index is 1.84. The molecule has 0 unspecified atom stereocenters. The van der Waals surface area contributed by atoms with Crippen LogP contribution in [0.1, 0.15) is 11.5 Å². The zero-order valence-corrected chi connectivity index (χ0v) is 14.5. The van der Waals surface area contributed by atoms with Gasteiger partial charge in [0.1, 0.15) is 12.4 Å². The van der Waals surface area contributed by atoms with E-state index in [0.29, 0.717) is 18.2 Å². The minimum Gasteiger partial charge on any atom is -0.364 e. The maximum Gasteiger partial charge on any atom is 0.156 e. The van der Waals surface area contributed by atoms with E-state index < -0.39 is 0 Å². The van der Waals surface area contributed by atoms with E-state index in [1.54, 1.807) is 6.20 Å². The van der Waals surface area contributed by atoms with Gasteiger partial charge in [0.15, 0.2) is 5.82 Å². The van der Waals surface area contributed by atoms with Gasteiger partial charge in [-0.2, -0.15) is 4.91 Å². The standard InChI is InChI=1S/C21H17N5O/c27-24-14-19-25-18-11-6-10-17(15-7-2-1-3-8-15)20(18)21(26-19)23-13-16-9-4-5-12-22-16/h1-12H,13-14H2,(H,23,25,26). The van der Waals surface area contributed by atoms with Crippen LogP contribution >= 0.6 is 0 Å². The van der Waals surface area contributed by atoms with E-state index in [9.17, 15) is 4.91 Å². The van der Waals surface area contributed by atoms with Gasteiger partial charge >= 0.3 is 0 Å². The molecule has 27 heavy (non-hydrogen) atoms. The Hall–Kier alpha value is -3.67. The summed E-state index contributed by atoms with van der Waals surface area (Å²) < 4.78 is 0. The number of nitrogens with one attached hydrogen (secondary N) is 1. The van der Waals surface area contributed by atoms with Gasteiger partial charge in [0.25, 0.3) is 0 Å². The second kappa shape index (κ2) is 7.70. The Morgan fingerprint density at radius 1 is 0.889 bits per heavy atom. The zero-order chi connectivity index (χ0) is 18.5. The second-order valence-electron chi connectivity index (χ2n) is 6.02. The largest absolute Gasteiger partial charge is 0.364 e. The molecular weight excluding hydrogens is 338 g/mol. The molecule has 4 rings (SSSR count). The van der Waals surface area contributed by atoms with Crippen LogP contribution in [0.25, 0.3) is 22.0 Å². The summed E-state index contributed by atoms with van der Waals surface area (Å²) in [5, 5.41) is 7.20. The molecule has 0 saturated heterocycles. The molecule has 0 aliphatic rings. The van der Waals surface area contributed by atoms with Crippen LogP contribution in [-0.2, 0) is 13.1 Å². The van der Waals surface area contributed by atoms with Gasteiger partial charge in [-0.1, -0.05) is 53.7 Å². The van der Waals surface area contributed by atoms with Gasteiger partial charge in [-0.3, -0.25) is 4.98 Å². The summed E-state index contributed by atoms with van der Waals surface area (Å²) in [6.45, 7) is 0.452. The topological polar surface area (TPSA) is 80.1 Å². The summed E-state index contributed by atoms with van der Waals surface area (Å²) in [5.74, 6) is 1.06. The lowest BCUT2D eigenvalue weighted by atomic mass is 10.0. The van der Waals surface area contributed by atoms with Crippen molar-refractivity contribution in [2.24, 2.45) is 5.18 Å². The molecule has 132 valence electrons. The third-order valence-electron chi connectivity index (χ3n) is 4.22. The summed E-state index contributed by atoms with van der Waals surface area (Å²) in [6, 6.07) is 21.8. The van der Waals surface area contributed by atoms with Crippen LogP contribution in [-0.4, -0.2) is 15.0 Å². The summed E-state index contributed by atoms with van der Waals surface area (Å²) in [7, 11) is 0. The number of aromatic nitrogens is 3. The molecule has 2 aromatic heterocycles. The van der Waals surface area contributed by atoms with E-state index in [1.807, 2.05) is 54.6 Å². The Bertz CT molecular complexity index is 1070. The van der Waals surface area contributed by atoms with Crippen LogP contribution in [0.5, 0.6) is 0 Å². The van der Waals surface area contributed by atoms with Gasteiger partial charge in [0.05, 0.1) is 23.1 Å². The van der Waals surface area contributed by atoms with Gasteiger partial charge in [0.2, 0.25) is 0 Å². The zero-order valence-electron chi connectivity index (χ0n) is 14.5. The Morgan fingerprint density at radius 3 is 2.52 bits per heavy atom. The summed E-state index contributed by atoms with van der Waals surface area (Å²) >= 11 is 0. The minimum absolute atomic E-state index is 0.0657. The average molecular weight is 355 g/mol. The molecule has 0 amide bonds. The first kappa shape index (κ1) is 16.8. The van der Waals surface area contributed by atoms with Gasteiger partial charge in [-0.25, -0.2) is 9.97 Å². The second-order valence-corrected chi connectivity index (χ2v) is 6.02. The highest BCUT2D eigenvalue weighted by Gasteiger charge is 2.13. The minimum atomic E-state index is -0.0657. The van der Waals surface area contributed by atoms with E-state index in [2.05, 4.69) is 37.6 Å². The number of hydrogen-bond donors (Lipinski definition) is 1. The molecule has 2 aromatic carbocycles. The Kier molecular flexibility index (Phi) is 4.78. The smallest absolute Gasteiger partial charge is 0.156 e. The van der Waals surface area contributed by atoms with Crippen molar-refractivity contribution >= 4 is 16.7 Å². The van der Waals surface area contributed by atoms with E-state index in [-0.39, 0.29) is 6.54 Å². The molecule has 0 aliphatic heterocycles. The first-order chi connectivity index (χ1) is 13.3. The van der Waals surface area contributed by atoms with Crippen molar-refractivity contribution in [2.75, 3.05) is 5.32 Å². The molecule has 0 aliphatic carbocycles. The molecule has 6 nitrogen and oxygen atoms in total. The van der Waals surface area contributed by atoms with Crippen molar-refractivity contribution in [3.05, 3.63) is 89.4 Å². The number of nitrogens with zero attached hydrogens (tertiary/aromatic N) is 4. The van der Waals surface area contributed by atoms with E-state index in [1.165, 1.54) is 0 Å². The third-order valence-corrected chi connectivity index (χ3v) is 4.22. The van der Waals surface area contributed by atoms with Crippen LogP contribution < -0.4 is 5.32 Å². The SMILES string of the molecule is O=NCc1nc(NCc2ccccn2)c2c(-c3ccccc3)cccc2n1. The summed E-state index contributed by atoms with van der Waals surface area (Å²) in [6.07, 6.45) is 1.76. The predicted octanol–water partition coefficient (Wildman–Crippen LogP) is 4.57. The lowest BCUT2D eigenvalue weighted by molar-refractivity contribution is 0.913. The lowest BCUT2D eigenvalue weighted by Gasteiger charge is -2.13. The van der Waals surface area contributed by atoms with Gasteiger partial charge in [0, 0.05) is 6.20 Å². The van der Waals surface area contributed by atoms with Gasteiger partial charge in [-0.05, 0) is 29.3 Å². The third kappa shape index (κ3) is 3.64. The quantitative estimate of drug-likeness (QED) is 0.512. The highest BCUT2D eigenvalue weighted by molar-refractivity contribution is 6.01. The van der Waals surface area contributed by atoms with Crippen molar-refractivity contribution in [1.29, 1.82) is 0 Å². The summed E-state index contributed by atoms with van der Waals surface area (Å²) in [4.78, 5) is 24.1. The van der Waals surface area contributed by atoms with Crippen LogP contribution in [0.2, 0.25) is 0 Å². The van der Waals surface area contributed by atoms with Crippen molar-refractivity contribution in [2.45, 2.75) is 13.1 Å². The highest BCUT2D eigenvalue weighted by Crippen LogP contribution is 2.32. The highest BCUT2D eigenvalue weighted by atomic mass is 16.3. The molecule has 0 radical (unpaired) electrons. The molecule has 0 bridgehead atoms. The van der Waals surface area contributed by atoms with Crippen molar-refractivity contribution in [3.8, 4) is 11.1 Å². The fraction of sp³-hybridized carbons (Fsp3) is 0.0952. The van der Waals surface area contributed by atoms with Crippen molar-refractivity contribution < 1.29 is 0 Å². The van der Waals surface area contributed by atoms with Crippen molar-refractivity contribution in [1.82, 2.24) is 15.0 Å². The maximum absolute atomic E-state index is 10.7. The molecule has 6 heteroatoms. The predicted molar refractivity (Wildman–Crippen MR) is 106 cm³/mol. The van der Waals surface area contributed by atoms with E-state index >= 15 is 0 Å². The van der Waals surface area contributed by atoms with E-state index in [4.69, 9.17) is 0 Å². The summed E-state index contributed by atoms with van der Waals surface area (Å²) in [5.41, 5.74) is 3.78. The van der Waals surface area contributed by atoms with Crippen LogP contribution in [0.4, 0.5) is 5.82 Å².